The maximum atomic E-state index is 12.3. The zero-order chi connectivity index (χ0) is 13.6. The normalized spacial score (nSPS) is 43.6. The Morgan fingerprint density at radius 3 is 2.68 bits per heavy atom. The van der Waals surface area contributed by atoms with Crippen molar-refractivity contribution in [1.29, 1.82) is 0 Å². The fourth-order valence-corrected chi connectivity index (χ4v) is 3.92. The summed E-state index contributed by atoms with van der Waals surface area (Å²) in [4.78, 5) is 12.3. The number of hydrogen-bond donors (Lipinski definition) is 2. The van der Waals surface area contributed by atoms with Gasteiger partial charge in [-0.3, -0.25) is 4.79 Å². The number of ether oxygens (including phenoxy) is 2. The van der Waals surface area contributed by atoms with Crippen LogP contribution in [0, 0.1) is 17.8 Å². The molecule has 5 heteroatoms. The first-order valence-corrected chi connectivity index (χ1v) is 7.31. The molecule has 5 unspecified atom stereocenters. The second-order valence-corrected chi connectivity index (χ2v) is 6.63. The van der Waals surface area contributed by atoms with E-state index in [2.05, 4.69) is 5.32 Å². The average molecular weight is 268 g/mol. The average Bonchev–Trinajstić information content (AvgIpc) is 3.00. The predicted molar refractivity (Wildman–Crippen MR) is 70.2 cm³/mol. The van der Waals surface area contributed by atoms with Crippen LogP contribution in [0.15, 0.2) is 0 Å². The number of nitrogens with two attached hydrogens (primary N) is 1. The van der Waals surface area contributed by atoms with Crippen LogP contribution in [0.5, 0.6) is 0 Å². The summed E-state index contributed by atoms with van der Waals surface area (Å²) in [5.74, 6) is 0.642. The smallest absolute Gasteiger partial charge is 0.225 e. The minimum atomic E-state index is -0.530. The minimum absolute atomic E-state index is 0.00841. The monoisotopic (exact) mass is 268 g/mol. The van der Waals surface area contributed by atoms with Crippen LogP contribution in [0.4, 0.5) is 0 Å². The zero-order valence-corrected chi connectivity index (χ0v) is 11.7. The maximum Gasteiger partial charge on any atom is 0.225 e. The number of nitrogens with one attached hydrogen (secondary N) is 1. The number of carbonyl (C=O) groups is 1. The molecular formula is C14H24N2O3. The van der Waals surface area contributed by atoms with E-state index < -0.39 is 5.79 Å². The van der Waals surface area contributed by atoms with E-state index in [1.165, 1.54) is 6.42 Å². The van der Waals surface area contributed by atoms with Crippen LogP contribution in [0.2, 0.25) is 0 Å². The molecule has 1 heterocycles. The van der Waals surface area contributed by atoms with Gasteiger partial charge in [-0.25, -0.2) is 0 Å². The van der Waals surface area contributed by atoms with Crippen molar-refractivity contribution in [1.82, 2.24) is 5.32 Å². The molecule has 2 saturated carbocycles. The molecule has 19 heavy (non-hydrogen) atoms. The van der Waals surface area contributed by atoms with Crippen molar-refractivity contribution in [2.24, 2.45) is 23.5 Å². The van der Waals surface area contributed by atoms with Gasteiger partial charge in [-0.15, -0.1) is 0 Å². The quantitative estimate of drug-likeness (QED) is 0.787. The highest BCUT2D eigenvalue weighted by Gasteiger charge is 2.49. The summed E-state index contributed by atoms with van der Waals surface area (Å²) in [6, 6.07) is 0.0518. The number of amides is 1. The molecule has 1 aliphatic heterocycles. The van der Waals surface area contributed by atoms with Gasteiger partial charge in [0.25, 0.3) is 0 Å². The highest BCUT2D eigenvalue weighted by Crippen LogP contribution is 2.47. The molecule has 5 nitrogen and oxygen atoms in total. The fourth-order valence-electron chi connectivity index (χ4n) is 3.92. The lowest BCUT2D eigenvalue weighted by atomic mass is 9.84. The van der Waals surface area contributed by atoms with Crippen LogP contribution in [0.25, 0.3) is 0 Å². The van der Waals surface area contributed by atoms with Gasteiger partial charge >= 0.3 is 0 Å². The van der Waals surface area contributed by atoms with Crippen LogP contribution >= 0.6 is 0 Å². The first-order valence-electron chi connectivity index (χ1n) is 7.31. The molecule has 0 aromatic rings. The van der Waals surface area contributed by atoms with Crippen molar-refractivity contribution in [3.05, 3.63) is 0 Å². The third-order valence-electron chi connectivity index (χ3n) is 4.85. The Morgan fingerprint density at radius 1 is 1.37 bits per heavy atom. The van der Waals surface area contributed by atoms with E-state index in [4.69, 9.17) is 15.2 Å². The summed E-state index contributed by atoms with van der Waals surface area (Å²) in [6.07, 6.45) is 3.44. The van der Waals surface area contributed by atoms with Crippen molar-refractivity contribution in [2.75, 3.05) is 13.2 Å². The van der Waals surface area contributed by atoms with Gasteiger partial charge in [-0.2, -0.15) is 0 Å². The van der Waals surface area contributed by atoms with Gasteiger partial charge in [-0.1, -0.05) is 0 Å². The molecule has 0 spiro atoms. The van der Waals surface area contributed by atoms with E-state index in [0.717, 1.165) is 12.8 Å². The molecular weight excluding hydrogens is 244 g/mol. The predicted octanol–water partition coefficient (Wildman–Crippen LogP) is 0.628. The zero-order valence-electron chi connectivity index (χ0n) is 11.7. The van der Waals surface area contributed by atoms with Gasteiger partial charge in [0.05, 0.1) is 12.5 Å². The third-order valence-corrected chi connectivity index (χ3v) is 4.85. The lowest BCUT2D eigenvalue weighted by Gasteiger charge is -2.27. The summed E-state index contributed by atoms with van der Waals surface area (Å²) >= 11 is 0. The summed E-state index contributed by atoms with van der Waals surface area (Å²) in [5, 5.41) is 3.00. The number of fused-ring (bicyclic) bond motifs is 2. The molecule has 1 saturated heterocycles. The first kappa shape index (κ1) is 13.3. The summed E-state index contributed by atoms with van der Waals surface area (Å²) < 4.78 is 11.2. The lowest BCUT2D eigenvalue weighted by molar-refractivity contribution is -0.140. The van der Waals surface area contributed by atoms with Crippen molar-refractivity contribution in [3.8, 4) is 0 Å². The van der Waals surface area contributed by atoms with Crippen molar-refractivity contribution in [2.45, 2.75) is 51.0 Å². The van der Waals surface area contributed by atoms with E-state index >= 15 is 0 Å². The molecule has 1 amide bonds. The van der Waals surface area contributed by atoms with E-state index in [9.17, 15) is 4.79 Å². The number of carbonyl (C=O) groups excluding carboxylic acids is 1. The lowest BCUT2D eigenvalue weighted by Crippen LogP contribution is -2.47. The molecule has 3 N–H and O–H groups in total. The Kier molecular flexibility index (Phi) is 3.31. The molecule has 3 fully saturated rings. The first-order chi connectivity index (χ1) is 8.96. The number of rotatable bonds is 3. The topological polar surface area (TPSA) is 73.6 Å². The van der Waals surface area contributed by atoms with Gasteiger partial charge in [0.15, 0.2) is 5.79 Å². The Bertz CT molecular complexity index is 370. The Hall–Kier alpha value is -0.650. The van der Waals surface area contributed by atoms with Gasteiger partial charge in [0, 0.05) is 12.6 Å². The molecule has 0 aromatic heterocycles. The van der Waals surface area contributed by atoms with E-state index in [-0.39, 0.29) is 24.0 Å². The van der Waals surface area contributed by atoms with Crippen molar-refractivity contribution in [3.63, 3.8) is 0 Å². The maximum absolute atomic E-state index is 12.3. The SMILES string of the molecule is CC1(C)OCC(CNC(=O)C2C3CCC(C3)C2N)O1. The second-order valence-electron chi connectivity index (χ2n) is 6.63. The third kappa shape index (κ3) is 2.51. The molecule has 0 radical (unpaired) electrons. The number of hydrogen-bond acceptors (Lipinski definition) is 4. The van der Waals surface area contributed by atoms with E-state index in [0.29, 0.717) is 25.0 Å². The van der Waals surface area contributed by atoms with Crippen LogP contribution in [0.1, 0.15) is 33.1 Å². The van der Waals surface area contributed by atoms with E-state index in [1.807, 2.05) is 13.8 Å². The van der Waals surface area contributed by atoms with Crippen LogP contribution in [-0.4, -0.2) is 37.0 Å². The highest BCUT2D eigenvalue weighted by molar-refractivity contribution is 5.80. The van der Waals surface area contributed by atoms with Crippen LogP contribution in [0.3, 0.4) is 0 Å². The molecule has 3 aliphatic rings. The van der Waals surface area contributed by atoms with Crippen molar-refractivity contribution < 1.29 is 14.3 Å². The minimum Gasteiger partial charge on any atom is -0.353 e. The van der Waals surface area contributed by atoms with Gasteiger partial charge in [-0.05, 0) is 44.9 Å². The summed E-state index contributed by atoms with van der Waals surface area (Å²) in [5.41, 5.74) is 6.18. The van der Waals surface area contributed by atoms with E-state index in [1.54, 1.807) is 0 Å². The summed E-state index contributed by atoms with van der Waals surface area (Å²) in [7, 11) is 0. The Morgan fingerprint density at radius 2 is 2.11 bits per heavy atom. The molecule has 2 aliphatic carbocycles. The van der Waals surface area contributed by atoms with Crippen LogP contribution in [-0.2, 0) is 14.3 Å². The molecule has 2 bridgehead atoms. The molecule has 5 atom stereocenters. The Labute approximate surface area is 114 Å². The van der Waals surface area contributed by atoms with Gasteiger partial charge in [0.2, 0.25) is 5.91 Å². The molecule has 108 valence electrons. The largest absolute Gasteiger partial charge is 0.353 e. The summed E-state index contributed by atoms with van der Waals surface area (Å²) in [6.45, 7) is 4.83. The second kappa shape index (κ2) is 4.72. The highest BCUT2D eigenvalue weighted by atomic mass is 16.7. The molecule has 0 aromatic carbocycles. The fraction of sp³-hybridized carbons (Fsp3) is 0.929. The van der Waals surface area contributed by atoms with Gasteiger partial charge in [0.1, 0.15) is 6.10 Å². The van der Waals surface area contributed by atoms with Gasteiger partial charge < -0.3 is 20.5 Å². The Balaban J connectivity index is 1.50. The van der Waals surface area contributed by atoms with Crippen LogP contribution < -0.4 is 11.1 Å². The standard InChI is InChI=1S/C14H24N2O3/c1-14(2)18-7-10(19-14)6-16-13(17)11-8-3-4-9(5-8)12(11)15/h8-12H,3-7,15H2,1-2H3,(H,16,17). The molecule has 3 rings (SSSR count). The van der Waals surface area contributed by atoms with Crippen molar-refractivity contribution >= 4 is 5.91 Å².